The second kappa shape index (κ2) is 8.93. The summed E-state index contributed by atoms with van der Waals surface area (Å²) in [6.45, 7) is 0.985. The zero-order valence-electron chi connectivity index (χ0n) is 14.5. The number of amides is 1. The maximum Gasteiger partial charge on any atom is 0.244 e. The third-order valence-electron chi connectivity index (χ3n) is 4.24. The first-order chi connectivity index (χ1) is 12.4. The molecule has 3 N–H and O–H groups in total. The summed E-state index contributed by atoms with van der Waals surface area (Å²) in [5.74, 6) is -0.249. The van der Waals surface area contributed by atoms with Crippen LogP contribution in [0.3, 0.4) is 0 Å². The lowest BCUT2D eigenvalue weighted by molar-refractivity contribution is -0.115. The summed E-state index contributed by atoms with van der Waals surface area (Å²) in [5.41, 5.74) is 7.47. The lowest BCUT2D eigenvalue weighted by Crippen LogP contribution is -2.28. The number of nitrogens with two attached hydrogens (primary N) is 1. The molecule has 0 aliphatic carbocycles. The van der Waals surface area contributed by atoms with E-state index in [0.29, 0.717) is 24.5 Å². The highest BCUT2D eigenvalue weighted by atomic mass is 35.5. The zero-order chi connectivity index (χ0) is 18.7. The normalized spacial score (nSPS) is 14.6. The monoisotopic (exact) mass is 429 g/mol. The smallest absolute Gasteiger partial charge is 0.244 e. The molecule has 1 amide bonds. The Hall–Kier alpha value is -1.80. The van der Waals surface area contributed by atoms with Crippen molar-refractivity contribution in [2.75, 3.05) is 24.1 Å². The summed E-state index contributed by atoms with van der Waals surface area (Å²) in [7, 11) is -3.66. The number of nitrogen functional groups attached to an aromatic ring is 1. The summed E-state index contributed by atoms with van der Waals surface area (Å²) in [4.78, 5) is 12.3. The number of hydrogen-bond acceptors (Lipinski definition) is 4. The molecule has 1 saturated heterocycles. The quantitative estimate of drug-likeness (QED) is 0.712. The van der Waals surface area contributed by atoms with E-state index in [4.69, 9.17) is 17.3 Å². The fraction of sp³-hybridized carbons (Fsp3) is 0.278. The minimum atomic E-state index is -3.66. The number of sulfonamides is 1. The summed E-state index contributed by atoms with van der Waals surface area (Å²) >= 11 is 6.11. The van der Waals surface area contributed by atoms with Crippen molar-refractivity contribution >= 4 is 51.3 Å². The van der Waals surface area contributed by atoms with Crippen molar-refractivity contribution < 1.29 is 13.2 Å². The number of benzene rings is 2. The molecule has 2 aromatic rings. The Morgan fingerprint density at radius 2 is 1.74 bits per heavy atom. The molecule has 1 fully saturated rings. The molecule has 1 heterocycles. The van der Waals surface area contributed by atoms with Gasteiger partial charge in [0.2, 0.25) is 15.9 Å². The molecule has 146 valence electrons. The predicted octanol–water partition coefficient (Wildman–Crippen LogP) is 3.31. The molecule has 1 aliphatic heterocycles. The van der Waals surface area contributed by atoms with Gasteiger partial charge in [-0.05, 0) is 48.7 Å². The van der Waals surface area contributed by atoms with E-state index in [1.165, 1.54) is 16.4 Å². The third-order valence-corrected chi connectivity index (χ3v) is 6.62. The van der Waals surface area contributed by atoms with E-state index in [0.717, 1.165) is 18.4 Å². The van der Waals surface area contributed by atoms with Gasteiger partial charge in [0.25, 0.3) is 0 Å². The van der Waals surface area contributed by atoms with Crippen LogP contribution in [0.15, 0.2) is 47.4 Å². The Bertz CT molecular complexity index is 912. The molecule has 0 unspecified atom stereocenters. The van der Waals surface area contributed by atoms with Crippen molar-refractivity contribution in [3.05, 3.63) is 53.1 Å². The van der Waals surface area contributed by atoms with Gasteiger partial charge in [-0.15, -0.1) is 12.4 Å². The van der Waals surface area contributed by atoms with E-state index in [1.807, 2.05) is 0 Å². The maximum atomic E-state index is 12.7. The van der Waals surface area contributed by atoms with Crippen molar-refractivity contribution in [2.45, 2.75) is 24.2 Å². The SMILES string of the molecule is Cl.Nc1ccc(CC(=O)Nc2ccc(Cl)c(S(=O)(=O)N3CCCC3)c2)cc1. The van der Waals surface area contributed by atoms with Crippen molar-refractivity contribution in [1.82, 2.24) is 4.31 Å². The van der Waals surface area contributed by atoms with Crippen LogP contribution in [0.25, 0.3) is 0 Å². The summed E-state index contributed by atoms with van der Waals surface area (Å²) < 4.78 is 26.9. The lowest BCUT2D eigenvalue weighted by Gasteiger charge is -2.17. The molecular formula is C18H21Cl2N3O3S. The number of hydrogen-bond donors (Lipinski definition) is 2. The Labute approximate surface area is 170 Å². The molecule has 0 spiro atoms. The highest BCUT2D eigenvalue weighted by molar-refractivity contribution is 7.89. The lowest BCUT2D eigenvalue weighted by atomic mass is 10.1. The summed E-state index contributed by atoms with van der Waals surface area (Å²) in [6.07, 6.45) is 1.85. The highest BCUT2D eigenvalue weighted by Crippen LogP contribution is 2.29. The molecule has 9 heteroatoms. The Balaban J connectivity index is 0.00000261. The van der Waals surface area contributed by atoms with Crippen LogP contribution in [0, 0.1) is 0 Å². The number of halogens is 2. The van der Waals surface area contributed by atoms with Gasteiger partial charge in [0.15, 0.2) is 0 Å². The highest BCUT2D eigenvalue weighted by Gasteiger charge is 2.29. The molecule has 0 bridgehead atoms. The van der Waals surface area contributed by atoms with Gasteiger partial charge in [-0.3, -0.25) is 4.79 Å². The minimum absolute atomic E-state index is 0. The van der Waals surface area contributed by atoms with Gasteiger partial charge >= 0.3 is 0 Å². The van der Waals surface area contributed by atoms with Crippen LogP contribution >= 0.6 is 24.0 Å². The fourth-order valence-corrected chi connectivity index (χ4v) is 4.89. The van der Waals surface area contributed by atoms with Gasteiger partial charge in [0.05, 0.1) is 11.4 Å². The van der Waals surface area contributed by atoms with E-state index >= 15 is 0 Å². The van der Waals surface area contributed by atoms with E-state index in [9.17, 15) is 13.2 Å². The molecular weight excluding hydrogens is 409 g/mol. The van der Waals surface area contributed by atoms with Crippen molar-refractivity contribution in [1.29, 1.82) is 0 Å². The first-order valence-corrected chi connectivity index (χ1v) is 10.1. The molecule has 2 aromatic carbocycles. The number of anilines is 2. The second-order valence-electron chi connectivity index (χ2n) is 6.22. The number of rotatable bonds is 5. The number of carbonyl (C=O) groups excluding carboxylic acids is 1. The number of nitrogens with one attached hydrogen (secondary N) is 1. The summed E-state index contributed by atoms with van der Waals surface area (Å²) in [6, 6.07) is 11.5. The molecule has 3 rings (SSSR count). The summed E-state index contributed by atoms with van der Waals surface area (Å²) in [5, 5.41) is 2.87. The van der Waals surface area contributed by atoms with Crippen LogP contribution in [0.1, 0.15) is 18.4 Å². The molecule has 0 saturated carbocycles. The van der Waals surface area contributed by atoms with Crippen LogP contribution < -0.4 is 11.1 Å². The minimum Gasteiger partial charge on any atom is -0.399 e. The van der Waals surface area contributed by atoms with Gasteiger partial charge < -0.3 is 11.1 Å². The predicted molar refractivity (Wildman–Crippen MR) is 110 cm³/mol. The van der Waals surface area contributed by atoms with Gasteiger partial charge in [0.1, 0.15) is 4.90 Å². The van der Waals surface area contributed by atoms with E-state index in [-0.39, 0.29) is 34.7 Å². The van der Waals surface area contributed by atoms with Gasteiger partial charge in [-0.25, -0.2) is 8.42 Å². The Morgan fingerprint density at radius 3 is 2.37 bits per heavy atom. The van der Waals surface area contributed by atoms with Crippen molar-refractivity contribution in [3.63, 3.8) is 0 Å². The standard InChI is InChI=1S/C18H20ClN3O3S.ClH/c19-16-8-7-15(12-17(16)26(24,25)22-9-1-2-10-22)21-18(23)11-13-3-5-14(20)6-4-13;/h3-8,12H,1-2,9-11,20H2,(H,21,23);1H. The first-order valence-electron chi connectivity index (χ1n) is 8.30. The largest absolute Gasteiger partial charge is 0.399 e. The van der Waals surface area contributed by atoms with Gasteiger partial charge in [0, 0.05) is 24.5 Å². The van der Waals surface area contributed by atoms with E-state index < -0.39 is 10.0 Å². The number of carbonyl (C=O) groups is 1. The van der Waals surface area contributed by atoms with Crippen LogP contribution in [0.4, 0.5) is 11.4 Å². The molecule has 0 radical (unpaired) electrons. The second-order valence-corrected chi connectivity index (χ2v) is 8.54. The fourth-order valence-electron chi connectivity index (χ4n) is 2.87. The maximum absolute atomic E-state index is 12.7. The van der Waals surface area contributed by atoms with Crippen molar-refractivity contribution in [2.24, 2.45) is 0 Å². The molecule has 6 nitrogen and oxygen atoms in total. The Morgan fingerprint density at radius 1 is 1.11 bits per heavy atom. The Kier molecular flexibility index (Phi) is 7.11. The zero-order valence-corrected chi connectivity index (χ0v) is 16.9. The van der Waals surface area contributed by atoms with Crippen LogP contribution in [-0.2, 0) is 21.2 Å². The first kappa shape index (κ1) is 21.5. The van der Waals surface area contributed by atoms with Crippen LogP contribution in [0.2, 0.25) is 5.02 Å². The molecule has 1 aliphatic rings. The van der Waals surface area contributed by atoms with Gasteiger partial charge in [-0.1, -0.05) is 23.7 Å². The van der Waals surface area contributed by atoms with E-state index in [1.54, 1.807) is 30.3 Å². The van der Waals surface area contributed by atoms with Crippen LogP contribution in [-0.4, -0.2) is 31.7 Å². The van der Waals surface area contributed by atoms with Crippen LogP contribution in [0.5, 0.6) is 0 Å². The molecule has 0 atom stereocenters. The van der Waals surface area contributed by atoms with Crippen molar-refractivity contribution in [3.8, 4) is 0 Å². The van der Waals surface area contributed by atoms with E-state index in [2.05, 4.69) is 5.32 Å². The molecule has 27 heavy (non-hydrogen) atoms. The topological polar surface area (TPSA) is 92.5 Å². The average molecular weight is 430 g/mol. The number of nitrogens with zero attached hydrogens (tertiary/aromatic N) is 1. The van der Waals surface area contributed by atoms with Gasteiger partial charge in [-0.2, -0.15) is 4.31 Å². The third kappa shape index (κ3) is 5.13. The average Bonchev–Trinajstić information content (AvgIpc) is 3.14. The molecule has 0 aromatic heterocycles.